The average molecular weight is 514 g/mol. The van der Waals surface area contributed by atoms with Crippen molar-refractivity contribution in [1.82, 2.24) is 14.9 Å². The van der Waals surface area contributed by atoms with Gasteiger partial charge in [0.15, 0.2) is 0 Å². The van der Waals surface area contributed by atoms with Crippen molar-refractivity contribution in [3.8, 4) is 11.1 Å². The summed E-state index contributed by atoms with van der Waals surface area (Å²) in [5, 5.41) is 3.16. The number of nitrogens with one attached hydrogen (secondary N) is 1. The van der Waals surface area contributed by atoms with Gasteiger partial charge in [0.05, 0.1) is 11.0 Å². The van der Waals surface area contributed by atoms with Crippen LogP contribution in [0.4, 0.5) is 0 Å². The molecule has 1 amide bonds. The lowest BCUT2D eigenvalue weighted by Crippen LogP contribution is -2.31. The first-order valence-electron chi connectivity index (χ1n) is 13.6. The number of fused-ring (bicyclic) bond motifs is 1. The molecule has 4 rings (SSSR count). The maximum Gasteiger partial charge on any atom is 0.224 e. The Morgan fingerprint density at radius 2 is 1.70 bits per heavy atom. The van der Waals surface area contributed by atoms with Crippen LogP contribution >= 0.6 is 12.6 Å². The molecule has 0 fully saturated rings. The van der Waals surface area contributed by atoms with E-state index in [-0.39, 0.29) is 11.8 Å². The van der Waals surface area contributed by atoms with Gasteiger partial charge >= 0.3 is 0 Å². The third kappa shape index (κ3) is 6.64. The molecule has 0 spiro atoms. The standard InChI is InChI=1S/C32H39N3OS/c1-4-6-11-28(22-37)32(36)33-20-25-18-23(3)31-29(19-25)35(30(34-31)10-5-2)21-24-14-16-27(17-15-24)26-12-8-7-9-13-26/h7-9,12-19,28,37H,4-6,10-11,20-22H2,1-3H3,(H,33,36). The lowest BCUT2D eigenvalue weighted by molar-refractivity contribution is -0.124. The second-order valence-electron chi connectivity index (χ2n) is 9.95. The summed E-state index contributed by atoms with van der Waals surface area (Å²) in [6, 6.07) is 23.7. The van der Waals surface area contributed by atoms with Gasteiger partial charge in [0.25, 0.3) is 0 Å². The predicted octanol–water partition coefficient (Wildman–Crippen LogP) is 7.36. The molecule has 0 aliphatic heterocycles. The van der Waals surface area contributed by atoms with Crippen molar-refractivity contribution in [2.45, 2.75) is 66.0 Å². The molecule has 5 heteroatoms. The summed E-state index contributed by atoms with van der Waals surface area (Å²) in [4.78, 5) is 17.8. The summed E-state index contributed by atoms with van der Waals surface area (Å²) in [6.07, 6.45) is 5.01. The zero-order valence-electron chi connectivity index (χ0n) is 22.3. The van der Waals surface area contributed by atoms with Crippen molar-refractivity contribution in [1.29, 1.82) is 0 Å². The Hall–Kier alpha value is -3.05. The van der Waals surface area contributed by atoms with Gasteiger partial charge in [-0.1, -0.05) is 87.4 Å². The van der Waals surface area contributed by atoms with Gasteiger partial charge in [-0.15, -0.1) is 0 Å². The first-order valence-corrected chi connectivity index (χ1v) is 14.2. The number of nitrogens with zero attached hydrogens (tertiary/aromatic N) is 2. The maximum absolute atomic E-state index is 12.8. The molecule has 1 atom stereocenters. The lowest BCUT2D eigenvalue weighted by atomic mass is 10.0. The van der Waals surface area contributed by atoms with Crippen LogP contribution in [0.5, 0.6) is 0 Å². The fourth-order valence-corrected chi connectivity index (χ4v) is 5.26. The number of benzene rings is 3. The Kier molecular flexibility index (Phi) is 9.45. The number of thiol groups is 1. The highest BCUT2D eigenvalue weighted by atomic mass is 32.1. The number of amides is 1. The van der Waals surface area contributed by atoms with Crippen LogP contribution in [0.15, 0.2) is 66.7 Å². The molecule has 4 aromatic rings. The maximum atomic E-state index is 12.8. The second kappa shape index (κ2) is 13.0. The minimum Gasteiger partial charge on any atom is -0.352 e. The van der Waals surface area contributed by atoms with Gasteiger partial charge in [0.1, 0.15) is 5.82 Å². The van der Waals surface area contributed by atoms with Crippen LogP contribution < -0.4 is 5.32 Å². The first-order chi connectivity index (χ1) is 18.0. The highest BCUT2D eigenvalue weighted by Crippen LogP contribution is 2.26. The van der Waals surface area contributed by atoms with Crippen molar-refractivity contribution in [3.63, 3.8) is 0 Å². The predicted molar refractivity (Wildman–Crippen MR) is 158 cm³/mol. The number of carbonyl (C=O) groups excluding carboxylic acids is 1. The molecular formula is C32H39N3OS. The monoisotopic (exact) mass is 513 g/mol. The molecule has 1 aromatic heterocycles. The van der Waals surface area contributed by atoms with Crippen molar-refractivity contribution in [2.75, 3.05) is 5.75 Å². The summed E-state index contributed by atoms with van der Waals surface area (Å²) in [5.74, 6) is 1.76. The van der Waals surface area contributed by atoms with Gasteiger partial charge in [-0.3, -0.25) is 4.79 Å². The summed E-state index contributed by atoms with van der Waals surface area (Å²) in [7, 11) is 0. The largest absolute Gasteiger partial charge is 0.352 e. The topological polar surface area (TPSA) is 46.9 Å². The van der Waals surface area contributed by atoms with Crippen LogP contribution in [0.1, 0.15) is 62.0 Å². The molecule has 3 aromatic carbocycles. The molecule has 0 bridgehead atoms. The first kappa shape index (κ1) is 27.0. The molecule has 37 heavy (non-hydrogen) atoms. The van der Waals surface area contributed by atoms with E-state index >= 15 is 0 Å². The highest BCUT2D eigenvalue weighted by Gasteiger charge is 2.17. The van der Waals surface area contributed by atoms with E-state index < -0.39 is 0 Å². The van der Waals surface area contributed by atoms with E-state index in [1.165, 1.54) is 16.7 Å². The van der Waals surface area contributed by atoms with Crippen LogP contribution in [-0.2, 0) is 24.3 Å². The summed E-state index contributed by atoms with van der Waals surface area (Å²) >= 11 is 4.41. The van der Waals surface area contributed by atoms with Crippen molar-refractivity contribution in [3.05, 3.63) is 89.2 Å². The number of imidazole rings is 1. The van der Waals surface area contributed by atoms with Crippen molar-refractivity contribution in [2.24, 2.45) is 5.92 Å². The number of aryl methyl sites for hydroxylation is 2. The van der Waals surface area contributed by atoms with E-state index in [0.29, 0.717) is 12.3 Å². The van der Waals surface area contributed by atoms with Crippen molar-refractivity contribution >= 4 is 29.6 Å². The Morgan fingerprint density at radius 3 is 2.38 bits per heavy atom. The molecule has 194 valence electrons. The van der Waals surface area contributed by atoms with Crippen LogP contribution in [-0.4, -0.2) is 21.2 Å². The van der Waals surface area contributed by atoms with Crippen LogP contribution in [0.2, 0.25) is 0 Å². The summed E-state index contributed by atoms with van der Waals surface area (Å²) in [5.41, 5.74) is 8.14. The van der Waals surface area contributed by atoms with E-state index in [1.54, 1.807) is 0 Å². The van der Waals surface area contributed by atoms with E-state index in [4.69, 9.17) is 4.98 Å². The molecule has 0 aliphatic carbocycles. The number of rotatable bonds is 12. The zero-order chi connectivity index (χ0) is 26.2. The molecular weight excluding hydrogens is 474 g/mol. The Balaban J connectivity index is 1.58. The third-order valence-electron chi connectivity index (χ3n) is 7.02. The van der Waals surface area contributed by atoms with Crippen LogP contribution in [0.3, 0.4) is 0 Å². The van der Waals surface area contributed by atoms with E-state index in [2.05, 4.69) is 104 Å². The highest BCUT2D eigenvalue weighted by molar-refractivity contribution is 7.80. The quantitative estimate of drug-likeness (QED) is 0.194. The molecule has 1 heterocycles. The molecule has 0 aliphatic rings. The normalized spacial score (nSPS) is 12.1. The second-order valence-corrected chi connectivity index (χ2v) is 10.3. The number of hydrogen-bond acceptors (Lipinski definition) is 3. The molecule has 0 saturated carbocycles. The Morgan fingerprint density at radius 1 is 0.973 bits per heavy atom. The fraction of sp³-hybridized carbons (Fsp3) is 0.375. The SMILES string of the molecule is CCCCC(CS)C(=O)NCc1cc(C)c2nc(CCC)n(Cc3ccc(-c4ccccc4)cc3)c2c1. The summed E-state index contributed by atoms with van der Waals surface area (Å²) < 4.78 is 2.35. The number of hydrogen-bond donors (Lipinski definition) is 2. The zero-order valence-corrected chi connectivity index (χ0v) is 23.2. The van der Waals surface area contributed by atoms with E-state index in [1.807, 2.05) is 6.07 Å². The smallest absolute Gasteiger partial charge is 0.224 e. The minimum atomic E-state index is -0.0337. The lowest BCUT2D eigenvalue weighted by Gasteiger charge is -2.15. The number of unbranched alkanes of at least 4 members (excludes halogenated alkanes) is 1. The third-order valence-corrected chi connectivity index (χ3v) is 7.46. The van der Waals surface area contributed by atoms with Gasteiger partial charge in [0.2, 0.25) is 5.91 Å². The molecule has 1 N–H and O–H groups in total. The van der Waals surface area contributed by atoms with Crippen molar-refractivity contribution < 1.29 is 4.79 Å². The summed E-state index contributed by atoms with van der Waals surface area (Å²) in [6.45, 7) is 7.76. The molecule has 0 radical (unpaired) electrons. The van der Waals surface area contributed by atoms with Gasteiger partial charge in [-0.2, -0.15) is 12.6 Å². The minimum absolute atomic E-state index is 0.0337. The van der Waals surface area contributed by atoms with Gasteiger partial charge in [-0.05, 0) is 53.6 Å². The Labute approximate surface area is 226 Å². The number of aromatic nitrogens is 2. The Bertz CT molecular complexity index is 1310. The van der Waals surface area contributed by atoms with E-state index in [0.717, 1.165) is 66.6 Å². The van der Waals surface area contributed by atoms with E-state index in [9.17, 15) is 4.79 Å². The average Bonchev–Trinajstić information content (AvgIpc) is 3.26. The van der Waals surface area contributed by atoms with Gasteiger partial charge in [0, 0.05) is 31.2 Å². The fourth-order valence-electron chi connectivity index (χ4n) is 4.91. The van der Waals surface area contributed by atoms with Crippen LogP contribution in [0, 0.1) is 12.8 Å². The molecule has 4 nitrogen and oxygen atoms in total. The van der Waals surface area contributed by atoms with Gasteiger partial charge in [-0.25, -0.2) is 4.98 Å². The molecule has 0 saturated heterocycles. The van der Waals surface area contributed by atoms with Gasteiger partial charge < -0.3 is 9.88 Å². The number of carbonyl (C=O) groups is 1. The molecule has 1 unspecified atom stereocenters. The van der Waals surface area contributed by atoms with Crippen LogP contribution in [0.25, 0.3) is 22.2 Å².